The van der Waals surface area contributed by atoms with Gasteiger partial charge in [0.05, 0.1) is 31.3 Å². The van der Waals surface area contributed by atoms with Gasteiger partial charge in [-0.05, 0) is 161 Å². The molecule has 0 radical (unpaired) electrons. The maximum absolute atomic E-state index is 14.1. The molecule has 0 saturated carbocycles. The third-order valence-electron chi connectivity index (χ3n) is 19.6. The molecule has 1 unspecified atom stereocenters. The highest BCUT2D eigenvalue weighted by Crippen LogP contribution is 2.36. The topological polar surface area (TPSA) is 280 Å². The molecule has 3 fully saturated rings. The standard InChI is InChI=1S/C26H24F3N5O4S2.C25H26FN5O3S2.C24H23F2N5O3S2.5H2/c1-25(2,34-11-9-17-3-4-18(15-21(17)34)26(27,28)29)23(36)32-12-13-33(22(35)16-32)19-5-7-20(8-6-19)40(37,38)31-24-30-10-14-39-24;1-17-16-29(19-6-8-20(9-7-19)36(33,34)28-25-27-11-15-35-25)13-14-30(17)24(32)18(2)31-12-10-21-22(26)4-3-5-23(21)31;1-16-14-29(18-2-4-19(5-3-18)36(33,34)28-24-27-7-11-35-24)9-10-31(16)23(32)15-30-8-6-17-12-20(25)21(26)13-22(17)30;;;;;/h3-11,14-15H,12-13,16H2,1-2H3,(H,30,31);3-12,15,17-18H,13-14,16H2,1-2H3,(H,27,28);2-8,11-13,16H,9-10,14-15H2,1H3,(H,27,28);5*1H/t;17-,18+;;;;;;/m.1....../s1. The van der Waals surface area contributed by atoms with E-state index in [1.54, 1.807) is 137 Å². The number of benzene rings is 6. The third kappa shape index (κ3) is 17.1. The van der Waals surface area contributed by atoms with Gasteiger partial charge in [-0.15, -0.1) is 34.0 Å². The second-order valence-electron chi connectivity index (χ2n) is 27.1. The maximum atomic E-state index is 14.1. The summed E-state index contributed by atoms with van der Waals surface area (Å²) >= 11 is 3.56. The second kappa shape index (κ2) is 32.1. The minimum atomic E-state index is -4.53. The number of halogens is 6. The molecule has 0 bridgehead atoms. The zero-order valence-electron chi connectivity index (χ0n) is 60.4. The fraction of sp³-hybridized carbons (Fsp3) is 0.267. The lowest BCUT2D eigenvalue weighted by molar-refractivity contribution is -0.143. The van der Waals surface area contributed by atoms with Crippen molar-refractivity contribution >= 4 is 153 Å². The number of alkyl halides is 3. The van der Waals surface area contributed by atoms with E-state index >= 15 is 0 Å². The third-order valence-corrected chi connectivity index (χ3v) is 26.1. The average Bonchev–Trinajstić information content (AvgIpc) is 1.61. The number of fused-ring (bicyclic) bond motifs is 3. The number of carbonyl (C=O) groups is 4. The van der Waals surface area contributed by atoms with Gasteiger partial charge in [-0.25, -0.2) is 53.4 Å². The normalized spacial score (nSPS) is 16.3. The Morgan fingerprint density at radius 1 is 0.554 bits per heavy atom. The van der Waals surface area contributed by atoms with Gasteiger partial charge in [0.2, 0.25) is 23.6 Å². The van der Waals surface area contributed by atoms with Crippen LogP contribution in [-0.4, -0.2) is 163 Å². The molecule has 3 atom stereocenters. The van der Waals surface area contributed by atoms with Crippen LogP contribution in [0.1, 0.15) is 53.4 Å². The molecule has 6 aromatic carbocycles. The first kappa shape index (κ1) is 79.2. The zero-order valence-corrected chi connectivity index (χ0v) is 65.3. The van der Waals surface area contributed by atoms with E-state index in [0.717, 1.165) is 47.0 Å². The SMILES string of the molecule is CC(C)(C(=O)N1CCN(c2ccc(S(=O)(=O)Nc3nccs3)cc2)C(=O)C1)n1ccc2ccc(C(F)(F)F)cc21.CC1CN(c2ccc(S(=O)(=O)Nc3nccs3)cc2)CCN1C(=O)Cn1ccc2cc(F)c(F)cc21.C[C@@H]1CN(c2ccc(S(=O)(=O)Nc3nccs3)cc2)CCN1C(=O)[C@H](C)n1ccc2c(F)cccc21.[HH].[HH].[HH].[HH].[HH]. The van der Waals surface area contributed by atoms with Gasteiger partial charge in [-0.2, -0.15) is 13.2 Å². The smallest absolute Gasteiger partial charge is 0.368 e. The number of sulfonamides is 3. The van der Waals surface area contributed by atoms with Crippen molar-refractivity contribution in [2.45, 2.75) is 85.7 Å². The predicted octanol–water partition coefficient (Wildman–Crippen LogP) is 14.0. The van der Waals surface area contributed by atoms with E-state index in [0.29, 0.717) is 82.4 Å². The summed E-state index contributed by atoms with van der Waals surface area (Å²) in [6.07, 6.45) is 5.00. The Morgan fingerprint density at radius 2 is 1.06 bits per heavy atom. The first-order valence-electron chi connectivity index (χ1n) is 34.9. The minimum absolute atomic E-state index is 0. The Kier molecular flexibility index (Phi) is 22.7. The molecule has 15 rings (SSSR count). The van der Waals surface area contributed by atoms with Crippen LogP contribution in [0.5, 0.6) is 0 Å². The molecule has 112 heavy (non-hydrogen) atoms. The number of amides is 4. The van der Waals surface area contributed by atoms with E-state index in [4.69, 9.17) is 0 Å². The second-order valence-corrected chi connectivity index (χ2v) is 34.9. The summed E-state index contributed by atoms with van der Waals surface area (Å²) in [7, 11) is -11.3. The van der Waals surface area contributed by atoms with Gasteiger partial charge in [-0.1, -0.05) is 12.1 Å². The summed E-state index contributed by atoms with van der Waals surface area (Å²) in [4.78, 5) is 75.9. The number of anilines is 6. The van der Waals surface area contributed by atoms with Crippen molar-refractivity contribution in [1.29, 1.82) is 0 Å². The number of aromatic nitrogens is 6. The lowest BCUT2D eigenvalue weighted by atomic mass is 10.0. The molecule has 0 aliphatic carbocycles. The van der Waals surface area contributed by atoms with Gasteiger partial charge in [-0.3, -0.25) is 33.3 Å². The van der Waals surface area contributed by atoms with E-state index in [2.05, 4.69) is 38.9 Å². The van der Waals surface area contributed by atoms with Gasteiger partial charge in [0.15, 0.2) is 27.0 Å². The zero-order chi connectivity index (χ0) is 79.8. The van der Waals surface area contributed by atoms with Crippen molar-refractivity contribution in [2.75, 3.05) is 87.8 Å². The van der Waals surface area contributed by atoms with Crippen molar-refractivity contribution in [3.8, 4) is 0 Å². The van der Waals surface area contributed by atoms with E-state index < -0.39 is 70.9 Å². The number of nitrogens with one attached hydrogen (secondary N) is 3. The molecule has 3 saturated heterocycles. The lowest BCUT2D eigenvalue weighted by Gasteiger charge is -2.42. The number of hydrogen-bond acceptors (Lipinski definition) is 18. The number of thiazole rings is 3. The predicted molar refractivity (Wildman–Crippen MR) is 429 cm³/mol. The molecule has 3 aliphatic rings. The van der Waals surface area contributed by atoms with Gasteiger partial charge in [0, 0.05) is 164 Å². The Hall–Kier alpha value is -10.9. The molecule has 0 spiro atoms. The van der Waals surface area contributed by atoms with E-state index in [1.165, 1.54) is 85.8 Å². The van der Waals surface area contributed by atoms with E-state index in [1.807, 2.05) is 36.3 Å². The van der Waals surface area contributed by atoms with E-state index in [-0.39, 0.29) is 94.3 Å². The highest BCUT2D eigenvalue weighted by Gasteiger charge is 2.40. The first-order valence-corrected chi connectivity index (χ1v) is 42.0. The van der Waals surface area contributed by atoms with Crippen molar-refractivity contribution < 1.29 is 77.9 Å². The van der Waals surface area contributed by atoms with Crippen molar-refractivity contribution in [3.05, 3.63) is 216 Å². The molecule has 9 heterocycles. The Labute approximate surface area is 659 Å². The average molecular weight is 1660 g/mol. The van der Waals surface area contributed by atoms with Crippen LogP contribution in [0.4, 0.5) is 58.8 Å². The number of hydrogen-bond donors (Lipinski definition) is 3. The van der Waals surface area contributed by atoms with Crippen LogP contribution in [0.3, 0.4) is 0 Å². The fourth-order valence-corrected chi connectivity index (χ4v) is 19.1. The molecular weight excluding hydrogens is 1580 g/mol. The molecule has 6 aromatic heterocycles. The largest absolute Gasteiger partial charge is 0.416 e. The summed E-state index contributed by atoms with van der Waals surface area (Å²) in [6.45, 7) is 12.5. The maximum Gasteiger partial charge on any atom is 0.416 e. The molecule has 37 heteroatoms. The van der Waals surface area contributed by atoms with Crippen LogP contribution in [0, 0.1) is 17.5 Å². The van der Waals surface area contributed by atoms with Gasteiger partial charge >= 0.3 is 6.18 Å². The fourth-order valence-electron chi connectivity index (χ4n) is 13.7. The lowest BCUT2D eigenvalue weighted by Crippen LogP contribution is -2.57. The molecule has 12 aromatic rings. The van der Waals surface area contributed by atoms with Crippen molar-refractivity contribution in [2.24, 2.45) is 0 Å². The summed E-state index contributed by atoms with van der Waals surface area (Å²) < 4.78 is 169. The quantitative estimate of drug-likeness (QED) is 0.0673. The molecule has 596 valence electrons. The van der Waals surface area contributed by atoms with Crippen molar-refractivity contribution in [3.63, 3.8) is 0 Å². The monoisotopic (exact) mass is 1660 g/mol. The van der Waals surface area contributed by atoms with Gasteiger partial charge < -0.3 is 43.1 Å². The number of nitrogens with zero attached hydrogens (tertiary/aromatic N) is 12. The molecule has 25 nitrogen and oxygen atoms in total. The van der Waals surface area contributed by atoms with Crippen LogP contribution in [-0.2, 0) is 67.5 Å². The first-order chi connectivity index (χ1) is 53.2. The minimum Gasteiger partial charge on any atom is -0.368 e. The highest BCUT2D eigenvalue weighted by molar-refractivity contribution is 7.93. The van der Waals surface area contributed by atoms with Crippen LogP contribution in [0.2, 0.25) is 0 Å². The summed E-state index contributed by atoms with van der Waals surface area (Å²) in [5.74, 6) is -3.08. The molecule has 3 aliphatic heterocycles. The number of carbonyl (C=O) groups excluding carboxylic acids is 4. The van der Waals surface area contributed by atoms with Crippen LogP contribution >= 0.6 is 34.0 Å². The Balaban J connectivity index is 0.000000215. The van der Waals surface area contributed by atoms with Crippen LogP contribution in [0.25, 0.3) is 32.7 Å². The van der Waals surface area contributed by atoms with E-state index in [9.17, 15) is 70.8 Å². The Bertz CT molecular complexity index is 5830. The molecule has 4 amide bonds. The van der Waals surface area contributed by atoms with Gasteiger partial charge in [0.1, 0.15) is 30.5 Å². The highest BCUT2D eigenvalue weighted by atomic mass is 32.2. The summed E-state index contributed by atoms with van der Waals surface area (Å²) in [5, 5.41) is 7.48. The number of rotatable bonds is 18. The molecule has 3 N–H and O–H groups in total. The van der Waals surface area contributed by atoms with Crippen LogP contribution < -0.4 is 28.9 Å². The van der Waals surface area contributed by atoms with Crippen molar-refractivity contribution in [1.82, 2.24) is 43.4 Å². The van der Waals surface area contributed by atoms with Gasteiger partial charge in [0.25, 0.3) is 30.1 Å². The van der Waals surface area contributed by atoms with Crippen LogP contribution in [0.15, 0.2) is 208 Å². The Morgan fingerprint density at radius 3 is 1.56 bits per heavy atom. The summed E-state index contributed by atoms with van der Waals surface area (Å²) in [6, 6.07) is 34.0. The number of piperazine rings is 3. The summed E-state index contributed by atoms with van der Waals surface area (Å²) in [5.41, 5.74) is 1.56. The molecular formula is C75H83F6N15O10S6.